The van der Waals surface area contributed by atoms with Gasteiger partial charge in [-0.2, -0.15) is 0 Å². The minimum atomic E-state index is -4.45. The Kier molecular flexibility index (Phi) is 50.9. The first-order valence-electron chi connectivity index (χ1n) is 30.5. The molecule has 0 heterocycles. The first-order valence-corrected chi connectivity index (χ1v) is 32.0. The number of esters is 1. The monoisotopic (exact) mass is 1030 g/mol. The lowest BCUT2D eigenvalue weighted by molar-refractivity contribution is -0.870. The summed E-state index contributed by atoms with van der Waals surface area (Å²) in [5.41, 5.74) is 0. The summed E-state index contributed by atoms with van der Waals surface area (Å²) >= 11 is 0. The number of hydrogen-bond donors (Lipinski definition) is 2. The van der Waals surface area contributed by atoms with Crippen LogP contribution >= 0.6 is 7.82 Å². The fourth-order valence-electron chi connectivity index (χ4n) is 8.80. The number of likely N-dealkylation sites (N-methyl/N-ethyl adjacent to an activating group) is 1. The van der Waals surface area contributed by atoms with Gasteiger partial charge in [0, 0.05) is 12.8 Å². The third-order valence-electron chi connectivity index (χ3n) is 13.5. The van der Waals surface area contributed by atoms with Crippen LogP contribution in [0.3, 0.4) is 0 Å². The first-order chi connectivity index (χ1) is 34.9. The van der Waals surface area contributed by atoms with Gasteiger partial charge in [0.1, 0.15) is 19.3 Å². The van der Waals surface area contributed by atoms with E-state index in [1.807, 2.05) is 33.3 Å². The lowest BCUT2D eigenvalue weighted by atomic mass is 10.0. The second kappa shape index (κ2) is 52.4. The van der Waals surface area contributed by atoms with Crippen LogP contribution in [0, 0.1) is 0 Å². The number of allylic oxidation sites excluding steroid dienone is 7. The number of phosphoric acid groups is 1. The van der Waals surface area contributed by atoms with Crippen molar-refractivity contribution >= 4 is 19.7 Å². The molecular weight excluding hydrogens is 916 g/mol. The normalized spacial score (nSPS) is 14.0. The van der Waals surface area contributed by atoms with E-state index in [1.54, 1.807) is 0 Å². The van der Waals surface area contributed by atoms with Crippen LogP contribution < -0.4 is 5.32 Å². The van der Waals surface area contributed by atoms with Gasteiger partial charge in [-0.15, -0.1) is 0 Å². The van der Waals surface area contributed by atoms with Crippen LogP contribution in [-0.2, 0) is 27.9 Å². The van der Waals surface area contributed by atoms with Crippen LogP contribution in [0.1, 0.15) is 284 Å². The van der Waals surface area contributed by atoms with E-state index in [2.05, 4.69) is 62.5 Å². The number of rotatable bonds is 55. The molecule has 2 N–H and O–H groups in total. The van der Waals surface area contributed by atoms with Gasteiger partial charge in [-0.25, -0.2) is 4.57 Å². The van der Waals surface area contributed by atoms with E-state index >= 15 is 0 Å². The maximum Gasteiger partial charge on any atom is 0.472 e. The van der Waals surface area contributed by atoms with E-state index in [0.717, 1.165) is 83.5 Å². The Balaban J connectivity index is 5.28. The minimum absolute atomic E-state index is 0.0388. The molecule has 0 radical (unpaired) electrons. The molecule has 3 atom stereocenters. The summed E-state index contributed by atoms with van der Waals surface area (Å²) in [6.07, 6.45) is 63.9. The van der Waals surface area contributed by atoms with E-state index in [-0.39, 0.29) is 31.5 Å². The summed E-state index contributed by atoms with van der Waals surface area (Å²) in [7, 11) is 1.49. The highest BCUT2D eigenvalue weighted by atomic mass is 31.2. The highest BCUT2D eigenvalue weighted by molar-refractivity contribution is 7.47. The fraction of sp³-hybridized carbons (Fsp3) is 0.839. The Bertz CT molecular complexity index is 1380. The lowest BCUT2D eigenvalue weighted by Gasteiger charge is -2.27. The van der Waals surface area contributed by atoms with Crippen molar-refractivity contribution in [2.24, 2.45) is 0 Å². The molecule has 0 fully saturated rings. The largest absolute Gasteiger partial charge is 0.472 e. The van der Waals surface area contributed by atoms with Gasteiger partial charge in [-0.3, -0.25) is 18.6 Å². The number of carbonyl (C=O) groups excluding carboxylic acids is 2. The van der Waals surface area contributed by atoms with Crippen molar-refractivity contribution in [3.63, 3.8) is 0 Å². The number of nitrogens with one attached hydrogen (secondary N) is 1. The van der Waals surface area contributed by atoms with Gasteiger partial charge in [0.2, 0.25) is 5.91 Å². The van der Waals surface area contributed by atoms with Crippen molar-refractivity contribution in [2.75, 3.05) is 40.9 Å². The summed E-state index contributed by atoms with van der Waals surface area (Å²) in [4.78, 5) is 37.7. The molecule has 3 unspecified atom stereocenters. The predicted molar refractivity (Wildman–Crippen MR) is 309 cm³/mol. The molecule has 0 bridgehead atoms. The van der Waals surface area contributed by atoms with E-state index in [4.69, 9.17) is 13.8 Å². The fourth-order valence-corrected chi connectivity index (χ4v) is 9.53. The average molecular weight is 1030 g/mol. The van der Waals surface area contributed by atoms with E-state index in [1.165, 1.54) is 167 Å². The first kappa shape index (κ1) is 70.0. The Morgan fingerprint density at radius 3 is 1.33 bits per heavy atom. The van der Waals surface area contributed by atoms with Gasteiger partial charge in [0.05, 0.1) is 33.8 Å². The second-order valence-electron chi connectivity index (χ2n) is 21.8. The molecule has 9 nitrogen and oxygen atoms in total. The topological polar surface area (TPSA) is 111 Å². The molecule has 0 saturated carbocycles. The smallest absolute Gasteiger partial charge is 0.456 e. The van der Waals surface area contributed by atoms with Gasteiger partial charge in [0.15, 0.2) is 0 Å². The molecule has 0 saturated heterocycles. The van der Waals surface area contributed by atoms with Crippen LogP contribution in [0.4, 0.5) is 0 Å². The van der Waals surface area contributed by atoms with E-state index < -0.39 is 20.0 Å². The van der Waals surface area contributed by atoms with Crippen LogP contribution in [0.15, 0.2) is 48.6 Å². The van der Waals surface area contributed by atoms with Crippen molar-refractivity contribution in [3.05, 3.63) is 48.6 Å². The van der Waals surface area contributed by atoms with Crippen LogP contribution in [0.2, 0.25) is 0 Å². The van der Waals surface area contributed by atoms with Gasteiger partial charge >= 0.3 is 13.8 Å². The molecule has 0 aromatic rings. The summed E-state index contributed by atoms with van der Waals surface area (Å²) < 4.78 is 30.7. The quantitative estimate of drug-likeness (QED) is 0.0205. The summed E-state index contributed by atoms with van der Waals surface area (Å²) in [6.45, 7) is 6.92. The van der Waals surface area contributed by atoms with E-state index in [9.17, 15) is 19.0 Å². The van der Waals surface area contributed by atoms with Crippen LogP contribution in [-0.4, -0.2) is 74.3 Å². The zero-order valence-electron chi connectivity index (χ0n) is 48.2. The van der Waals surface area contributed by atoms with Gasteiger partial charge in [-0.05, 0) is 83.1 Å². The molecule has 0 aromatic carbocycles. The zero-order chi connectivity index (χ0) is 52.9. The maximum absolute atomic E-state index is 13.5. The van der Waals surface area contributed by atoms with Crippen molar-refractivity contribution < 1.29 is 37.3 Å². The standard InChI is InChI=1S/C62H117N2O7P/c1-7-10-13-16-19-22-25-28-30-31-32-33-34-36-39-42-45-48-51-54-61(65)63-59(58-70-72(67,68)69-57-56-64(4,5)6)60(53-50-47-44-41-38-35-27-24-21-18-15-12-9-3)71-62(66)55-52-49-46-43-40-37-29-26-23-20-17-14-11-8-2/h11,14,20,23,28,30,50,53,59-60H,7-10,12-13,15-19,21-22,24-27,29,31-49,51-52,54-58H2,1-6H3,(H-,63,65,67,68)/p+1/b14-11+,23-20+,30-28+,53-50-. The molecule has 72 heavy (non-hydrogen) atoms. The molecule has 0 aliphatic heterocycles. The number of amides is 1. The number of quaternary nitrogens is 1. The number of unbranched alkanes of at least 4 members (excludes halogenated alkanes) is 33. The Morgan fingerprint density at radius 2 is 0.889 bits per heavy atom. The van der Waals surface area contributed by atoms with Gasteiger partial charge < -0.3 is 19.4 Å². The Labute approximate surface area is 446 Å². The third-order valence-corrected chi connectivity index (χ3v) is 14.5. The SMILES string of the molecule is CC/C=C/C/C=C/CCCCCCCCCC(=O)OC(/C=C\CCCCCCCCCCCCC)C(COP(=O)(O)OCC[N+](C)(C)C)NC(=O)CCCCCCCCCCC/C=C/CCCCCCCC. The van der Waals surface area contributed by atoms with Crippen molar-refractivity contribution in [1.29, 1.82) is 0 Å². The number of carbonyl (C=O) groups is 2. The molecule has 0 aromatic heterocycles. The molecule has 10 heteroatoms. The number of nitrogens with zero attached hydrogens (tertiary/aromatic N) is 1. The summed E-state index contributed by atoms with van der Waals surface area (Å²) in [5.74, 6) is -0.510. The molecule has 0 aliphatic rings. The second-order valence-corrected chi connectivity index (χ2v) is 23.3. The maximum atomic E-state index is 13.5. The van der Waals surface area contributed by atoms with Gasteiger partial charge in [-0.1, -0.05) is 237 Å². The molecule has 422 valence electrons. The third kappa shape index (κ3) is 52.8. The van der Waals surface area contributed by atoms with Crippen molar-refractivity contribution in [2.45, 2.75) is 296 Å². The average Bonchev–Trinajstić information content (AvgIpc) is 3.34. The number of ether oxygens (including phenoxy) is 1. The van der Waals surface area contributed by atoms with Gasteiger partial charge in [0.25, 0.3) is 0 Å². The number of hydrogen-bond acceptors (Lipinski definition) is 6. The Morgan fingerprint density at radius 1 is 0.500 bits per heavy atom. The summed E-state index contributed by atoms with van der Waals surface area (Å²) in [5, 5.41) is 3.06. The molecule has 1 amide bonds. The highest BCUT2D eigenvalue weighted by Gasteiger charge is 2.30. The highest BCUT2D eigenvalue weighted by Crippen LogP contribution is 2.43. The Hall–Kier alpha value is -2.03. The molecule has 0 spiro atoms. The van der Waals surface area contributed by atoms with Crippen LogP contribution in [0.25, 0.3) is 0 Å². The predicted octanol–water partition coefficient (Wildman–Crippen LogP) is 18.5. The zero-order valence-corrected chi connectivity index (χ0v) is 49.1. The lowest BCUT2D eigenvalue weighted by Crippen LogP contribution is -2.47. The molecular formula is C62H118N2O7P+. The minimum Gasteiger partial charge on any atom is -0.456 e. The number of phosphoric ester groups is 1. The molecule has 0 aliphatic carbocycles. The van der Waals surface area contributed by atoms with Crippen molar-refractivity contribution in [1.82, 2.24) is 5.32 Å². The summed E-state index contributed by atoms with van der Waals surface area (Å²) in [6, 6.07) is -0.851. The molecule has 0 rings (SSSR count). The van der Waals surface area contributed by atoms with Crippen LogP contribution in [0.5, 0.6) is 0 Å². The van der Waals surface area contributed by atoms with E-state index in [0.29, 0.717) is 17.4 Å². The van der Waals surface area contributed by atoms with Crippen molar-refractivity contribution in [3.8, 4) is 0 Å².